The topological polar surface area (TPSA) is 173 Å². The number of halogens is 5. The third-order valence-electron chi connectivity index (χ3n) is 9.38. The number of hydrogen-bond acceptors (Lipinski definition) is 8. The van der Waals surface area contributed by atoms with Crippen molar-refractivity contribution in [1.29, 1.82) is 0 Å². The molecule has 0 saturated carbocycles. The van der Waals surface area contributed by atoms with Crippen LogP contribution in [0.5, 0.6) is 0 Å². The maximum absolute atomic E-state index is 14.9. The summed E-state index contributed by atoms with van der Waals surface area (Å²) in [5.41, 5.74) is 3.64. The molecule has 308 valence electrons. The van der Waals surface area contributed by atoms with Gasteiger partial charge in [-0.2, -0.15) is 13.2 Å². The Balaban J connectivity index is 1.46. The van der Waals surface area contributed by atoms with Crippen LogP contribution in [-0.2, 0) is 35.3 Å². The Kier molecular flexibility index (Phi) is 14.5. The molecule has 0 saturated heterocycles. The summed E-state index contributed by atoms with van der Waals surface area (Å²) < 4.78 is 75.0. The lowest BCUT2D eigenvalue weighted by Gasteiger charge is -2.35. The first kappa shape index (κ1) is 44.3. The van der Waals surface area contributed by atoms with Gasteiger partial charge >= 0.3 is 12.1 Å². The molecule has 0 unspecified atom stereocenters. The van der Waals surface area contributed by atoms with E-state index in [9.17, 15) is 51.0 Å². The lowest BCUT2D eigenvalue weighted by atomic mass is 9.74. The lowest BCUT2D eigenvalue weighted by molar-refractivity contribution is -0.214. The molecule has 1 aliphatic rings. The molecule has 17 heteroatoms. The molecule has 0 bridgehead atoms. The van der Waals surface area contributed by atoms with Gasteiger partial charge < -0.3 is 25.0 Å². The first-order valence-corrected chi connectivity index (χ1v) is 18.3. The number of nitrogens with one attached hydrogen (secondary N) is 2. The van der Waals surface area contributed by atoms with Crippen LogP contribution in [0.4, 0.5) is 22.0 Å². The summed E-state index contributed by atoms with van der Waals surface area (Å²) in [5, 5.41) is 16.3. The molecule has 12 nitrogen and oxygen atoms in total. The van der Waals surface area contributed by atoms with Crippen molar-refractivity contribution in [3.05, 3.63) is 95.8 Å². The number of aliphatic hydroxyl groups is 1. The van der Waals surface area contributed by atoms with Crippen molar-refractivity contribution < 1.29 is 55.8 Å². The molecule has 1 aromatic heterocycles. The lowest BCUT2D eigenvalue weighted by Crippen LogP contribution is -2.59. The summed E-state index contributed by atoms with van der Waals surface area (Å²) in [4.78, 5) is 62.8. The number of nitrogens with zero attached hydrogens (tertiary/aromatic N) is 2. The molecule has 5 N–H and O–H groups in total. The molecule has 0 radical (unpaired) electrons. The second-order valence-corrected chi connectivity index (χ2v) is 14.8. The number of esters is 1. The third-order valence-corrected chi connectivity index (χ3v) is 9.38. The molecule has 4 amide bonds. The zero-order valence-corrected chi connectivity index (χ0v) is 31.7. The van der Waals surface area contributed by atoms with E-state index >= 15 is 0 Å². The number of alkyl halides is 3. The zero-order chi connectivity index (χ0) is 42.1. The maximum Gasteiger partial charge on any atom is 0.491 e. The molecule has 0 fully saturated rings. The highest BCUT2D eigenvalue weighted by Crippen LogP contribution is 2.41. The van der Waals surface area contributed by atoms with E-state index in [0.717, 1.165) is 28.7 Å². The van der Waals surface area contributed by atoms with Crippen LogP contribution in [0.1, 0.15) is 70.1 Å². The number of rotatable bonds is 18. The fourth-order valence-electron chi connectivity index (χ4n) is 6.47. The van der Waals surface area contributed by atoms with Gasteiger partial charge in [-0.1, -0.05) is 63.9 Å². The number of ether oxygens (including phenoxy) is 1. The molecule has 2 heterocycles. The number of carbonyl (C=O) groups is 5. The fourth-order valence-corrected chi connectivity index (χ4v) is 6.47. The molecule has 4 rings (SSSR count). The van der Waals surface area contributed by atoms with Gasteiger partial charge in [-0.05, 0) is 48.1 Å². The van der Waals surface area contributed by atoms with E-state index in [1.54, 1.807) is 37.6 Å². The molecule has 3 atom stereocenters. The number of hydrogen-bond donors (Lipinski definition) is 4. The van der Waals surface area contributed by atoms with Crippen molar-refractivity contribution in [3.8, 4) is 11.1 Å². The average Bonchev–Trinajstić information content (AvgIpc) is 3.68. The van der Waals surface area contributed by atoms with Crippen molar-refractivity contribution in [2.45, 2.75) is 83.3 Å². The number of unbranched alkanes of at least 4 members (excludes halogenated alkanes) is 3. The summed E-state index contributed by atoms with van der Waals surface area (Å²) in [6.07, 6.45) is -2.38. The minimum absolute atomic E-state index is 0.0497. The van der Waals surface area contributed by atoms with E-state index in [4.69, 9.17) is 5.73 Å². The van der Waals surface area contributed by atoms with Crippen molar-refractivity contribution >= 4 is 29.6 Å². The van der Waals surface area contributed by atoms with Gasteiger partial charge in [0.25, 0.3) is 17.7 Å². The number of amides is 4. The number of aromatic nitrogens is 1. The highest BCUT2D eigenvalue weighted by atomic mass is 19.4. The monoisotopic (exact) mass is 803 g/mol. The van der Waals surface area contributed by atoms with Gasteiger partial charge in [0.05, 0.1) is 0 Å². The Morgan fingerprint density at radius 2 is 1.53 bits per heavy atom. The van der Waals surface area contributed by atoms with E-state index in [0.29, 0.717) is 31.4 Å². The van der Waals surface area contributed by atoms with Crippen LogP contribution in [0.3, 0.4) is 0 Å². The fraction of sp³-hybridized carbons (Fsp3) is 0.425. The van der Waals surface area contributed by atoms with E-state index in [1.165, 1.54) is 12.2 Å². The normalized spacial score (nSPS) is 15.3. The van der Waals surface area contributed by atoms with Crippen molar-refractivity contribution in [3.63, 3.8) is 0 Å². The van der Waals surface area contributed by atoms with Crippen LogP contribution in [-0.4, -0.2) is 81.8 Å². The van der Waals surface area contributed by atoms with Crippen LogP contribution in [0.25, 0.3) is 11.1 Å². The third kappa shape index (κ3) is 11.8. The Labute approximate surface area is 326 Å². The van der Waals surface area contributed by atoms with Crippen LogP contribution < -0.4 is 16.4 Å². The van der Waals surface area contributed by atoms with E-state index in [-0.39, 0.29) is 30.8 Å². The molecule has 3 aromatic rings. The van der Waals surface area contributed by atoms with Crippen molar-refractivity contribution in [2.24, 2.45) is 11.1 Å². The van der Waals surface area contributed by atoms with Gasteiger partial charge in [-0.15, -0.1) is 0 Å². The standard InChI is InChI=1S/C40H46F5N5O7/c1-38(2,3)33(30-21-26(28-22-27(41)13-14-29(28)42)24-49(30)23-25-11-7-6-8-12-25)34(53)35(54)47-19-17-39(46,57-37(56)40(43,44)45)36(55)48-18-9-4-5-10-20-50-31(51)15-16-32(50)52/h6-8,11-16,21-22,24,33-34,53H,4-5,9-10,17-20,23,46H2,1-3H3,(H,47,54)(H,48,55)/t33-,34+,39+/m1/s1. The largest absolute Gasteiger partial charge is 0.491 e. The summed E-state index contributed by atoms with van der Waals surface area (Å²) in [6.45, 7) is 4.97. The van der Waals surface area contributed by atoms with Crippen LogP contribution in [0.2, 0.25) is 0 Å². The Morgan fingerprint density at radius 1 is 0.877 bits per heavy atom. The molecule has 2 aromatic carbocycles. The van der Waals surface area contributed by atoms with Crippen LogP contribution in [0, 0.1) is 17.0 Å². The van der Waals surface area contributed by atoms with E-state index in [1.807, 2.05) is 30.3 Å². The summed E-state index contributed by atoms with van der Waals surface area (Å²) >= 11 is 0. The summed E-state index contributed by atoms with van der Waals surface area (Å²) in [5.74, 6) is -8.21. The molecule has 57 heavy (non-hydrogen) atoms. The summed E-state index contributed by atoms with van der Waals surface area (Å²) in [7, 11) is 0. The van der Waals surface area contributed by atoms with Crippen LogP contribution >= 0.6 is 0 Å². The minimum Gasteiger partial charge on any atom is -0.428 e. The van der Waals surface area contributed by atoms with Crippen LogP contribution in [0.15, 0.2) is 72.9 Å². The minimum atomic E-state index is -5.50. The SMILES string of the molecule is CC(C)(C)[C@H](c1cc(-c2cc(F)ccc2F)cn1Cc1ccccc1)[C@H](O)C(=O)NCC[C@](N)(OC(=O)C(F)(F)F)C(=O)NCCCCCCN1C(=O)C=CC1=O. The first-order valence-electron chi connectivity index (χ1n) is 18.3. The van der Waals surface area contributed by atoms with Gasteiger partial charge in [0.1, 0.15) is 17.7 Å². The Bertz CT molecular complexity index is 1940. The zero-order valence-electron chi connectivity index (χ0n) is 31.7. The number of imide groups is 1. The Morgan fingerprint density at radius 3 is 2.16 bits per heavy atom. The molecular formula is C40H46F5N5O7. The second kappa shape index (κ2) is 18.7. The predicted octanol–water partition coefficient (Wildman–Crippen LogP) is 4.84. The summed E-state index contributed by atoms with van der Waals surface area (Å²) in [6, 6.07) is 13.6. The number of aliphatic hydroxyl groups excluding tert-OH is 1. The van der Waals surface area contributed by atoms with Gasteiger partial charge in [0, 0.05) is 73.7 Å². The maximum atomic E-state index is 14.9. The molecular weight excluding hydrogens is 757 g/mol. The number of carbonyl (C=O) groups excluding carboxylic acids is 5. The van der Waals surface area contributed by atoms with Crippen molar-refractivity contribution in [1.82, 2.24) is 20.1 Å². The first-order chi connectivity index (χ1) is 26.7. The highest BCUT2D eigenvalue weighted by Gasteiger charge is 2.48. The molecule has 1 aliphatic heterocycles. The van der Waals surface area contributed by atoms with Gasteiger partial charge in [0.15, 0.2) is 0 Å². The molecule has 0 aliphatic carbocycles. The highest BCUT2D eigenvalue weighted by molar-refractivity contribution is 6.12. The predicted molar refractivity (Wildman–Crippen MR) is 198 cm³/mol. The average molecular weight is 804 g/mol. The smallest absolute Gasteiger partial charge is 0.428 e. The van der Waals surface area contributed by atoms with Gasteiger partial charge in [-0.3, -0.25) is 29.8 Å². The van der Waals surface area contributed by atoms with Gasteiger partial charge in [-0.25, -0.2) is 13.6 Å². The Hall–Kier alpha value is -5.42. The van der Waals surface area contributed by atoms with Gasteiger partial charge in [0.2, 0.25) is 11.6 Å². The quantitative estimate of drug-likeness (QED) is 0.0465. The number of benzene rings is 2. The number of nitrogens with two attached hydrogens (primary N) is 1. The van der Waals surface area contributed by atoms with E-state index < -0.39 is 83.5 Å². The van der Waals surface area contributed by atoms with E-state index in [2.05, 4.69) is 15.4 Å². The molecule has 0 spiro atoms. The second-order valence-electron chi connectivity index (χ2n) is 14.8. The van der Waals surface area contributed by atoms with Crippen molar-refractivity contribution in [2.75, 3.05) is 19.6 Å².